The van der Waals surface area contributed by atoms with Gasteiger partial charge >= 0.3 is 5.97 Å². The predicted molar refractivity (Wildman–Crippen MR) is 99.9 cm³/mol. The Hall–Kier alpha value is -2.55. The van der Waals surface area contributed by atoms with Gasteiger partial charge in [-0.3, -0.25) is 9.59 Å². The lowest BCUT2D eigenvalue weighted by atomic mass is 9.89. The van der Waals surface area contributed by atoms with Crippen LogP contribution in [0.25, 0.3) is 0 Å². The molecule has 2 N–H and O–H groups in total. The molecule has 0 spiro atoms. The number of thioether (sulfide) groups is 1. The van der Waals surface area contributed by atoms with Crippen LogP contribution in [0.5, 0.6) is 0 Å². The molecule has 1 saturated carbocycles. The number of amides is 1. The molecule has 0 unspecified atom stereocenters. The Kier molecular flexibility index (Phi) is 6.46. The van der Waals surface area contributed by atoms with Gasteiger partial charge in [-0.15, -0.1) is 11.8 Å². The first kappa shape index (κ1) is 21.2. The number of rotatable bonds is 5. The van der Waals surface area contributed by atoms with Crippen molar-refractivity contribution in [3.05, 3.63) is 59.2 Å². The molecule has 0 bridgehead atoms. The van der Waals surface area contributed by atoms with Crippen LogP contribution >= 0.6 is 11.8 Å². The van der Waals surface area contributed by atoms with E-state index in [1.165, 1.54) is 23.9 Å². The zero-order valence-corrected chi connectivity index (χ0v) is 15.9. The summed E-state index contributed by atoms with van der Waals surface area (Å²) in [6.45, 7) is 0. The lowest BCUT2D eigenvalue weighted by Crippen LogP contribution is -2.22. The number of hydrogen-bond acceptors (Lipinski definition) is 3. The van der Waals surface area contributed by atoms with Gasteiger partial charge in [-0.1, -0.05) is 0 Å². The summed E-state index contributed by atoms with van der Waals surface area (Å²) in [5.41, 5.74) is -0.199. The third-order valence-corrected chi connectivity index (χ3v) is 6.12. The summed E-state index contributed by atoms with van der Waals surface area (Å²) in [4.78, 5) is 23.6. The van der Waals surface area contributed by atoms with Gasteiger partial charge in [-0.25, -0.2) is 17.6 Å². The second-order valence-electron chi connectivity index (χ2n) is 6.78. The number of hydrogen-bond donors (Lipinski definition) is 2. The number of carbonyl (C=O) groups is 2. The molecule has 3 rings (SSSR count). The molecule has 1 aliphatic carbocycles. The second-order valence-corrected chi connectivity index (χ2v) is 8.13. The third-order valence-electron chi connectivity index (χ3n) is 4.75. The van der Waals surface area contributed by atoms with Crippen LogP contribution < -0.4 is 5.32 Å². The fourth-order valence-electron chi connectivity index (χ4n) is 3.17. The molecule has 0 saturated heterocycles. The van der Waals surface area contributed by atoms with E-state index in [9.17, 15) is 27.2 Å². The number of aliphatic carboxylic acids is 1. The van der Waals surface area contributed by atoms with Gasteiger partial charge in [0.2, 0.25) is 0 Å². The molecule has 4 nitrogen and oxygen atoms in total. The van der Waals surface area contributed by atoms with Gasteiger partial charge in [0, 0.05) is 33.5 Å². The maximum absolute atomic E-state index is 14.2. The van der Waals surface area contributed by atoms with E-state index in [0.29, 0.717) is 37.8 Å². The Morgan fingerprint density at radius 1 is 0.931 bits per heavy atom. The molecule has 1 amide bonds. The zero-order valence-electron chi connectivity index (χ0n) is 15.1. The van der Waals surface area contributed by atoms with Crippen molar-refractivity contribution in [2.75, 3.05) is 5.32 Å². The standard InChI is InChI=1S/C20H17F4NO3S/c21-14-6-3-11(19(26)25-12-8-15(22)18(24)16(23)9-12)7-17(14)29-13-4-1-10(2-5-13)20(27)28/h3,6-10,13H,1-2,4-5H2,(H,25,26)(H,27,28)/t10-,13+. The van der Waals surface area contributed by atoms with Gasteiger partial charge in [-0.05, 0) is 43.9 Å². The van der Waals surface area contributed by atoms with Crippen molar-refractivity contribution in [2.24, 2.45) is 5.92 Å². The van der Waals surface area contributed by atoms with Crippen molar-refractivity contribution in [2.45, 2.75) is 35.8 Å². The van der Waals surface area contributed by atoms with E-state index in [0.717, 1.165) is 6.07 Å². The summed E-state index contributed by atoms with van der Waals surface area (Å²) < 4.78 is 53.8. The van der Waals surface area contributed by atoms with Gasteiger partial charge in [0.25, 0.3) is 5.91 Å². The first-order valence-corrected chi connectivity index (χ1v) is 9.77. The quantitative estimate of drug-likeness (QED) is 0.507. The van der Waals surface area contributed by atoms with Crippen molar-refractivity contribution in [1.29, 1.82) is 0 Å². The SMILES string of the molecule is O=C(Nc1cc(F)c(F)c(F)c1)c1ccc(F)c(S[C@H]2CC[C@@H](C(=O)O)CC2)c1. The van der Waals surface area contributed by atoms with Gasteiger partial charge in [-0.2, -0.15) is 0 Å². The van der Waals surface area contributed by atoms with Gasteiger partial charge < -0.3 is 10.4 Å². The van der Waals surface area contributed by atoms with E-state index in [-0.39, 0.29) is 27.3 Å². The monoisotopic (exact) mass is 427 g/mol. The zero-order chi connectivity index (χ0) is 21.1. The number of benzene rings is 2. The van der Waals surface area contributed by atoms with Crippen molar-refractivity contribution < 1.29 is 32.3 Å². The number of nitrogens with one attached hydrogen (secondary N) is 1. The van der Waals surface area contributed by atoms with E-state index in [2.05, 4.69) is 5.32 Å². The van der Waals surface area contributed by atoms with Crippen LogP contribution in [-0.4, -0.2) is 22.2 Å². The minimum atomic E-state index is -1.64. The van der Waals surface area contributed by atoms with Gasteiger partial charge in [0.15, 0.2) is 17.5 Å². The molecular weight excluding hydrogens is 410 g/mol. The van der Waals surface area contributed by atoms with Gasteiger partial charge in [0.05, 0.1) is 5.92 Å². The maximum Gasteiger partial charge on any atom is 0.306 e. The average Bonchev–Trinajstić information content (AvgIpc) is 2.68. The topological polar surface area (TPSA) is 66.4 Å². The fourth-order valence-corrected chi connectivity index (χ4v) is 4.42. The highest BCUT2D eigenvalue weighted by molar-refractivity contribution is 8.00. The number of carbonyl (C=O) groups excluding carboxylic acids is 1. The molecule has 0 heterocycles. The molecule has 0 aromatic heterocycles. The molecule has 2 aromatic rings. The molecule has 154 valence electrons. The number of carboxylic acids is 1. The van der Waals surface area contributed by atoms with Crippen LogP contribution in [0, 0.1) is 29.2 Å². The predicted octanol–water partition coefficient (Wildman–Crippen LogP) is 5.23. The summed E-state index contributed by atoms with van der Waals surface area (Å²) in [5.74, 6) is -6.98. The lowest BCUT2D eigenvalue weighted by molar-refractivity contribution is -0.142. The first-order chi connectivity index (χ1) is 13.7. The largest absolute Gasteiger partial charge is 0.481 e. The highest BCUT2D eigenvalue weighted by Gasteiger charge is 2.27. The molecule has 1 fully saturated rings. The van der Waals surface area contributed by atoms with E-state index in [1.54, 1.807) is 0 Å². The molecule has 2 aromatic carbocycles. The Morgan fingerprint density at radius 2 is 1.55 bits per heavy atom. The van der Waals surface area contributed by atoms with E-state index < -0.39 is 35.1 Å². The molecular formula is C20H17F4NO3S. The van der Waals surface area contributed by atoms with Crippen molar-refractivity contribution in [3.8, 4) is 0 Å². The lowest BCUT2D eigenvalue weighted by Gasteiger charge is -2.25. The van der Waals surface area contributed by atoms with Crippen molar-refractivity contribution in [3.63, 3.8) is 0 Å². The Balaban J connectivity index is 1.70. The van der Waals surface area contributed by atoms with E-state index >= 15 is 0 Å². The fraction of sp³-hybridized carbons (Fsp3) is 0.300. The summed E-state index contributed by atoms with van der Waals surface area (Å²) in [6.07, 6.45) is 2.25. The third kappa shape index (κ3) is 5.09. The Bertz CT molecular complexity index is 922. The highest BCUT2D eigenvalue weighted by atomic mass is 32.2. The van der Waals surface area contributed by atoms with Crippen LogP contribution in [0.3, 0.4) is 0 Å². The highest BCUT2D eigenvalue weighted by Crippen LogP contribution is 2.37. The van der Waals surface area contributed by atoms with Gasteiger partial charge in [0.1, 0.15) is 5.82 Å². The van der Waals surface area contributed by atoms with E-state index in [1.807, 2.05) is 0 Å². The van der Waals surface area contributed by atoms with Crippen molar-refractivity contribution in [1.82, 2.24) is 0 Å². The number of anilines is 1. The molecule has 9 heteroatoms. The smallest absolute Gasteiger partial charge is 0.306 e. The number of halogens is 4. The van der Waals surface area contributed by atoms with Crippen LogP contribution in [0.15, 0.2) is 35.2 Å². The van der Waals surface area contributed by atoms with Crippen LogP contribution in [0.2, 0.25) is 0 Å². The number of carboxylic acid groups (broad SMARTS) is 1. The van der Waals surface area contributed by atoms with Crippen LogP contribution in [0.4, 0.5) is 23.2 Å². The molecule has 0 radical (unpaired) electrons. The average molecular weight is 427 g/mol. The Labute approximate surface area is 168 Å². The normalized spacial score (nSPS) is 19.0. The van der Waals surface area contributed by atoms with Crippen LogP contribution in [-0.2, 0) is 4.79 Å². The summed E-state index contributed by atoms with van der Waals surface area (Å²) in [7, 11) is 0. The maximum atomic E-state index is 14.2. The summed E-state index contributed by atoms with van der Waals surface area (Å²) in [5, 5.41) is 11.3. The Morgan fingerprint density at radius 3 is 2.14 bits per heavy atom. The minimum absolute atomic E-state index is 0.0266. The van der Waals surface area contributed by atoms with E-state index in [4.69, 9.17) is 5.11 Å². The molecule has 0 atom stereocenters. The molecule has 0 aliphatic heterocycles. The van der Waals surface area contributed by atoms with Crippen molar-refractivity contribution >= 4 is 29.3 Å². The van der Waals surface area contributed by atoms with Crippen LogP contribution in [0.1, 0.15) is 36.0 Å². The molecule has 1 aliphatic rings. The minimum Gasteiger partial charge on any atom is -0.481 e. The second kappa shape index (κ2) is 8.86. The summed E-state index contributed by atoms with van der Waals surface area (Å²) in [6, 6.07) is 4.97. The summed E-state index contributed by atoms with van der Waals surface area (Å²) >= 11 is 1.23. The first-order valence-electron chi connectivity index (χ1n) is 8.89. The molecule has 29 heavy (non-hydrogen) atoms.